The monoisotopic (exact) mass is 305 g/mol. The lowest BCUT2D eigenvalue weighted by Gasteiger charge is -2.32. The Kier molecular flexibility index (Phi) is 6.21. The van der Waals surface area contributed by atoms with Crippen molar-refractivity contribution in [3.05, 3.63) is 29.3 Å². The maximum absolute atomic E-state index is 12.1. The number of nitrogens with two attached hydrogens (primary N) is 1. The lowest BCUT2D eigenvalue weighted by atomic mass is 9.96. The zero-order chi connectivity index (χ0) is 15.9. The number of ether oxygens (including phenoxy) is 1. The molecule has 0 aliphatic carbocycles. The molecule has 1 atom stereocenters. The average Bonchev–Trinajstić information content (AvgIpc) is 2.53. The molecule has 5 heteroatoms. The summed E-state index contributed by atoms with van der Waals surface area (Å²) < 4.78 is 5.30. The van der Waals surface area contributed by atoms with Gasteiger partial charge in [0, 0.05) is 26.2 Å². The number of rotatable bonds is 6. The molecule has 1 heterocycles. The van der Waals surface area contributed by atoms with Crippen molar-refractivity contribution in [1.29, 1.82) is 0 Å². The molecule has 1 aliphatic rings. The topological polar surface area (TPSA) is 67.6 Å². The Morgan fingerprint density at radius 1 is 1.50 bits per heavy atom. The van der Waals surface area contributed by atoms with E-state index >= 15 is 0 Å². The number of nitrogens with zero attached hydrogens (tertiary/aromatic N) is 1. The largest absolute Gasteiger partial charge is 0.496 e. The average molecular weight is 305 g/mol. The van der Waals surface area contributed by atoms with Crippen molar-refractivity contribution in [3.63, 3.8) is 0 Å². The minimum absolute atomic E-state index is 0.0830. The third-order valence-electron chi connectivity index (χ3n) is 4.19. The van der Waals surface area contributed by atoms with Gasteiger partial charge in [-0.1, -0.05) is 12.1 Å². The van der Waals surface area contributed by atoms with E-state index in [0.29, 0.717) is 13.1 Å². The number of carbonyl (C=O) groups is 1. The third kappa shape index (κ3) is 4.45. The SMILES string of the molecule is COc1ccc(CN2CCCC(C(=O)NCCN)C2)cc1C. The second-order valence-corrected chi connectivity index (χ2v) is 5.96. The summed E-state index contributed by atoms with van der Waals surface area (Å²) in [7, 11) is 1.69. The van der Waals surface area contributed by atoms with Crippen molar-refractivity contribution in [2.75, 3.05) is 33.3 Å². The third-order valence-corrected chi connectivity index (χ3v) is 4.19. The zero-order valence-corrected chi connectivity index (χ0v) is 13.6. The highest BCUT2D eigenvalue weighted by molar-refractivity contribution is 5.78. The summed E-state index contributed by atoms with van der Waals surface area (Å²) in [6, 6.07) is 6.28. The van der Waals surface area contributed by atoms with Crippen LogP contribution in [0.2, 0.25) is 0 Å². The maximum atomic E-state index is 12.1. The molecular formula is C17H27N3O2. The van der Waals surface area contributed by atoms with Gasteiger partial charge in [-0.25, -0.2) is 0 Å². The van der Waals surface area contributed by atoms with Gasteiger partial charge >= 0.3 is 0 Å². The summed E-state index contributed by atoms with van der Waals surface area (Å²) in [6.45, 7) is 5.86. The highest BCUT2D eigenvalue weighted by Crippen LogP contribution is 2.22. The lowest BCUT2D eigenvalue weighted by Crippen LogP contribution is -2.43. The van der Waals surface area contributed by atoms with E-state index in [1.54, 1.807) is 7.11 Å². The Morgan fingerprint density at radius 3 is 3.00 bits per heavy atom. The molecule has 2 rings (SSSR count). The molecule has 0 spiro atoms. The molecule has 1 aromatic carbocycles. The Balaban J connectivity index is 1.92. The van der Waals surface area contributed by atoms with Gasteiger partial charge in [0.15, 0.2) is 0 Å². The molecule has 3 N–H and O–H groups in total. The number of nitrogens with one attached hydrogen (secondary N) is 1. The fourth-order valence-corrected chi connectivity index (χ4v) is 3.05. The standard InChI is InChI=1S/C17H27N3O2/c1-13-10-14(5-6-16(13)22-2)11-20-9-3-4-15(12-20)17(21)19-8-7-18/h5-6,10,15H,3-4,7-9,11-12,18H2,1-2H3,(H,19,21). The predicted molar refractivity (Wildman–Crippen MR) is 87.8 cm³/mol. The smallest absolute Gasteiger partial charge is 0.224 e. The Morgan fingerprint density at radius 2 is 2.32 bits per heavy atom. The molecule has 1 unspecified atom stereocenters. The second-order valence-electron chi connectivity index (χ2n) is 5.96. The first kappa shape index (κ1) is 16.8. The highest BCUT2D eigenvalue weighted by Gasteiger charge is 2.25. The minimum atomic E-state index is 0.0830. The van der Waals surface area contributed by atoms with E-state index in [0.717, 1.165) is 43.8 Å². The molecule has 22 heavy (non-hydrogen) atoms. The minimum Gasteiger partial charge on any atom is -0.496 e. The van der Waals surface area contributed by atoms with Crippen LogP contribution in [0.3, 0.4) is 0 Å². The van der Waals surface area contributed by atoms with Crippen LogP contribution in [0.25, 0.3) is 0 Å². The fraction of sp³-hybridized carbons (Fsp3) is 0.588. The van der Waals surface area contributed by atoms with Gasteiger partial charge in [-0.05, 0) is 43.5 Å². The number of benzene rings is 1. The van der Waals surface area contributed by atoms with Gasteiger partial charge in [0.25, 0.3) is 0 Å². The van der Waals surface area contributed by atoms with Crippen LogP contribution in [-0.2, 0) is 11.3 Å². The molecule has 0 saturated carbocycles. The molecule has 0 aromatic heterocycles. The van der Waals surface area contributed by atoms with E-state index in [9.17, 15) is 4.79 Å². The van der Waals surface area contributed by atoms with Gasteiger partial charge in [-0.2, -0.15) is 0 Å². The van der Waals surface area contributed by atoms with Crippen LogP contribution in [0.4, 0.5) is 0 Å². The number of amides is 1. The van der Waals surface area contributed by atoms with E-state index in [1.807, 2.05) is 6.07 Å². The Labute approximate surface area is 132 Å². The van der Waals surface area contributed by atoms with Crippen LogP contribution in [0.5, 0.6) is 5.75 Å². The number of aryl methyl sites for hydroxylation is 1. The van der Waals surface area contributed by atoms with Crippen molar-refractivity contribution in [3.8, 4) is 5.75 Å². The summed E-state index contributed by atoms with van der Waals surface area (Å²) in [6.07, 6.45) is 2.03. The lowest BCUT2D eigenvalue weighted by molar-refractivity contribution is -0.126. The van der Waals surface area contributed by atoms with Crippen molar-refractivity contribution in [2.45, 2.75) is 26.3 Å². The maximum Gasteiger partial charge on any atom is 0.224 e. The molecule has 5 nitrogen and oxygen atoms in total. The van der Waals surface area contributed by atoms with E-state index < -0.39 is 0 Å². The summed E-state index contributed by atoms with van der Waals surface area (Å²) in [4.78, 5) is 14.4. The zero-order valence-electron chi connectivity index (χ0n) is 13.6. The van der Waals surface area contributed by atoms with E-state index in [2.05, 4.69) is 29.3 Å². The second kappa shape index (κ2) is 8.15. The first-order valence-corrected chi connectivity index (χ1v) is 7.97. The van der Waals surface area contributed by atoms with Crippen LogP contribution in [-0.4, -0.2) is 44.1 Å². The van der Waals surface area contributed by atoms with Gasteiger partial charge in [0.05, 0.1) is 13.0 Å². The summed E-state index contributed by atoms with van der Waals surface area (Å²) in [5.41, 5.74) is 7.85. The van der Waals surface area contributed by atoms with E-state index in [1.165, 1.54) is 5.56 Å². The molecule has 1 fully saturated rings. The van der Waals surface area contributed by atoms with E-state index in [-0.39, 0.29) is 11.8 Å². The molecule has 1 saturated heterocycles. The van der Waals surface area contributed by atoms with Crippen LogP contribution in [0.1, 0.15) is 24.0 Å². The van der Waals surface area contributed by atoms with Gasteiger partial charge in [-0.3, -0.25) is 9.69 Å². The predicted octanol–water partition coefficient (Wildman–Crippen LogP) is 1.29. The van der Waals surface area contributed by atoms with Crippen LogP contribution in [0, 0.1) is 12.8 Å². The van der Waals surface area contributed by atoms with E-state index in [4.69, 9.17) is 10.5 Å². The molecule has 122 valence electrons. The van der Waals surface area contributed by atoms with Gasteiger partial charge in [-0.15, -0.1) is 0 Å². The quantitative estimate of drug-likeness (QED) is 0.831. The van der Waals surface area contributed by atoms with Crippen LogP contribution in [0.15, 0.2) is 18.2 Å². The first-order valence-electron chi connectivity index (χ1n) is 7.97. The van der Waals surface area contributed by atoms with Gasteiger partial charge < -0.3 is 15.8 Å². The van der Waals surface area contributed by atoms with Crippen molar-refractivity contribution in [2.24, 2.45) is 11.7 Å². The molecule has 0 radical (unpaired) electrons. The number of hydrogen-bond acceptors (Lipinski definition) is 4. The summed E-state index contributed by atoms with van der Waals surface area (Å²) in [5, 5.41) is 2.90. The fourth-order valence-electron chi connectivity index (χ4n) is 3.05. The van der Waals surface area contributed by atoms with Crippen molar-refractivity contribution in [1.82, 2.24) is 10.2 Å². The Bertz CT molecular complexity index is 505. The first-order chi connectivity index (χ1) is 10.6. The number of piperidine rings is 1. The van der Waals surface area contributed by atoms with Gasteiger partial charge in [0.1, 0.15) is 5.75 Å². The number of likely N-dealkylation sites (tertiary alicyclic amines) is 1. The molecule has 1 amide bonds. The summed E-state index contributed by atoms with van der Waals surface area (Å²) >= 11 is 0. The molecule has 1 aliphatic heterocycles. The Hall–Kier alpha value is -1.59. The number of methoxy groups -OCH3 is 1. The number of hydrogen-bond donors (Lipinski definition) is 2. The van der Waals surface area contributed by atoms with Crippen LogP contribution >= 0.6 is 0 Å². The molecule has 0 bridgehead atoms. The number of carbonyl (C=O) groups excluding carboxylic acids is 1. The highest BCUT2D eigenvalue weighted by atomic mass is 16.5. The van der Waals surface area contributed by atoms with Crippen molar-refractivity contribution >= 4 is 5.91 Å². The normalized spacial score (nSPS) is 19.0. The van der Waals surface area contributed by atoms with Crippen LogP contribution < -0.4 is 15.8 Å². The van der Waals surface area contributed by atoms with Crippen molar-refractivity contribution < 1.29 is 9.53 Å². The van der Waals surface area contributed by atoms with Gasteiger partial charge in [0.2, 0.25) is 5.91 Å². The molecule has 1 aromatic rings. The summed E-state index contributed by atoms with van der Waals surface area (Å²) in [5.74, 6) is 1.14. The molecular weight excluding hydrogens is 278 g/mol.